The molecule has 2 bridgehead atoms. The van der Waals surface area contributed by atoms with Crippen molar-refractivity contribution in [2.45, 2.75) is 63.6 Å². The third-order valence-corrected chi connectivity index (χ3v) is 4.56. The second-order valence-electron chi connectivity index (χ2n) is 5.94. The SMILES string of the molecule is CC(C(=O)NC1CC2CCC(C1)N2)C1CC1. The molecule has 2 aliphatic heterocycles. The molecule has 1 amide bonds. The van der Waals surface area contributed by atoms with E-state index in [1.165, 1.54) is 25.7 Å². The van der Waals surface area contributed by atoms with Crippen LogP contribution in [-0.4, -0.2) is 24.0 Å². The zero-order valence-corrected chi connectivity index (χ0v) is 10.0. The van der Waals surface area contributed by atoms with Crippen LogP contribution in [0.4, 0.5) is 0 Å². The second kappa shape index (κ2) is 4.02. The molecule has 3 atom stereocenters. The number of carbonyl (C=O) groups excluding carboxylic acids is 1. The molecule has 16 heavy (non-hydrogen) atoms. The molecule has 3 unspecified atom stereocenters. The van der Waals surface area contributed by atoms with Gasteiger partial charge in [-0.15, -0.1) is 0 Å². The number of hydrogen-bond acceptors (Lipinski definition) is 2. The van der Waals surface area contributed by atoms with Crippen molar-refractivity contribution in [3.8, 4) is 0 Å². The Bertz CT molecular complexity index is 276. The summed E-state index contributed by atoms with van der Waals surface area (Å²) in [6.45, 7) is 2.09. The van der Waals surface area contributed by atoms with E-state index in [9.17, 15) is 4.79 Å². The molecule has 2 N–H and O–H groups in total. The van der Waals surface area contributed by atoms with Crippen molar-refractivity contribution in [2.24, 2.45) is 11.8 Å². The molecule has 3 nitrogen and oxygen atoms in total. The molecule has 0 aromatic heterocycles. The van der Waals surface area contributed by atoms with Gasteiger partial charge in [0.05, 0.1) is 0 Å². The van der Waals surface area contributed by atoms with Crippen LogP contribution in [-0.2, 0) is 4.79 Å². The van der Waals surface area contributed by atoms with Crippen molar-refractivity contribution in [3.05, 3.63) is 0 Å². The molecule has 3 fully saturated rings. The average molecular weight is 222 g/mol. The summed E-state index contributed by atoms with van der Waals surface area (Å²) in [5, 5.41) is 6.87. The number of fused-ring (bicyclic) bond motifs is 2. The lowest BCUT2D eigenvalue weighted by atomic mass is 9.98. The number of nitrogens with one attached hydrogen (secondary N) is 2. The first-order valence-electron chi connectivity index (χ1n) is 6.79. The summed E-state index contributed by atoms with van der Waals surface area (Å²) in [5.74, 6) is 1.22. The summed E-state index contributed by atoms with van der Waals surface area (Å²) >= 11 is 0. The van der Waals surface area contributed by atoms with Crippen LogP contribution in [0.3, 0.4) is 0 Å². The highest BCUT2D eigenvalue weighted by Crippen LogP contribution is 2.37. The highest BCUT2D eigenvalue weighted by Gasteiger charge is 2.37. The lowest BCUT2D eigenvalue weighted by Gasteiger charge is -2.30. The van der Waals surface area contributed by atoms with E-state index in [1.54, 1.807) is 0 Å². The first-order valence-corrected chi connectivity index (χ1v) is 6.79. The molecular weight excluding hydrogens is 200 g/mol. The predicted molar refractivity (Wildman–Crippen MR) is 63.0 cm³/mol. The van der Waals surface area contributed by atoms with Crippen LogP contribution in [0.25, 0.3) is 0 Å². The summed E-state index contributed by atoms with van der Waals surface area (Å²) in [5.41, 5.74) is 0. The van der Waals surface area contributed by atoms with Crippen LogP contribution in [0, 0.1) is 11.8 Å². The third-order valence-electron chi connectivity index (χ3n) is 4.56. The first-order chi connectivity index (χ1) is 7.72. The Morgan fingerprint density at radius 3 is 2.38 bits per heavy atom. The summed E-state index contributed by atoms with van der Waals surface area (Å²) in [6.07, 6.45) is 7.39. The Kier molecular flexibility index (Phi) is 2.66. The van der Waals surface area contributed by atoms with Crippen LogP contribution >= 0.6 is 0 Å². The molecule has 1 saturated carbocycles. The van der Waals surface area contributed by atoms with E-state index in [4.69, 9.17) is 0 Å². The van der Waals surface area contributed by atoms with E-state index < -0.39 is 0 Å². The monoisotopic (exact) mass is 222 g/mol. The number of piperidine rings is 1. The zero-order chi connectivity index (χ0) is 11.1. The van der Waals surface area contributed by atoms with Crippen LogP contribution in [0.2, 0.25) is 0 Å². The van der Waals surface area contributed by atoms with Gasteiger partial charge in [0.2, 0.25) is 5.91 Å². The lowest BCUT2D eigenvalue weighted by molar-refractivity contribution is -0.126. The normalized spacial score (nSPS) is 39.4. The minimum Gasteiger partial charge on any atom is -0.353 e. The highest BCUT2D eigenvalue weighted by molar-refractivity contribution is 5.79. The van der Waals surface area contributed by atoms with Gasteiger partial charge in [0.1, 0.15) is 0 Å². The van der Waals surface area contributed by atoms with E-state index in [1.807, 2.05) is 0 Å². The predicted octanol–water partition coefficient (Wildman–Crippen LogP) is 1.43. The Morgan fingerprint density at radius 1 is 1.19 bits per heavy atom. The van der Waals surface area contributed by atoms with Gasteiger partial charge in [0.25, 0.3) is 0 Å². The largest absolute Gasteiger partial charge is 0.353 e. The molecule has 1 aliphatic carbocycles. The molecule has 2 heterocycles. The van der Waals surface area contributed by atoms with Crippen molar-refractivity contribution >= 4 is 5.91 Å². The zero-order valence-electron chi connectivity index (χ0n) is 10.0. The molecule has 3 heteroatoms. The van der Waals surface area contributed by atoms with Gasteiger partial charge in [-0.3, -0.25) is 4.79 Å². The van der Waals surface area contributed by atoms with E-state index in [0.717, 1.165) is 12.8 Å². The molecule has 90 valence electrons. The van der Waals surface area contributed by atoms with Gasteiger partial charge in [0, 0.05) is 24.0 Å². The molecule has 3 aliphatic rings. The van der Waals surface area contributed by atoms with Gasteiger partial charge in [-0.1, -0.05) is 6.92 Å². The van der Waals surface area contributed by atoms with Gasteiger partial charge in [-0.2, -0.15) is 0 Å². The second-order valence-corrected chi connectivity index (χ2v) is 5.94. The Morgan fingerprint density at radius 2 is 1.81 bits per heavy atom. The van der Waals surface area contributed by atoms with Gasteiger partial charge in [-0.25, -0.2) is 0 Å². The van der Waals surface area contributed by atoms with Gasteiger partial charge in [-0.05, 0) is 44.4 Å². The van der Waals surface area contributed by atoms with E-state index in [2.05, 4.69) is 17.6 Å². The smallest absolute Gasteiger partial charge is 0.223 e. The molecule has 0 spiro atoms. The van der Waals surface area contributed by atoms with Crippen LogP contribution < -0.4 is 10.6 Å². The average Bonchev–Trinajstić information content (AvgIpc) is 3.04. The standard InChI is InChI=1S/C13H22N2O/c1-8(9-2-3-9)13(16)15-12-6-10-4-5-11(7-12)14-10/h8-12,14H,2-7H2,1H3,(H,15,16). The van der Waals surface area contributed by atoms with E-state index >= 15 is 0 Å². The fourth-order valence-corrected chi connectivity index (χ4v) is 3.32. The third kappa shape index (κ3) is 2.10. The maximum absolute atomic E-state index is 12.0. The number of rotatable bonds is 3. The Labute approximate surface area is 97.4 Å². The van der Waals surface area contributed by atoms with Crippen molar-refractivity contribution in [2.75, 3.05) is 0 Å². The maximum Gasteiger partial charge on any atom is 0.223 e. The minimum atomic E-state index is 0.243. The molecule has 0 aromatic rings. The molecule has 0 radical (unpaired) electrons. The van der Waals surface area contributed by atoms with Gasteiger partial charge < -0.3 is 10.6 Å². The molecule has 0 aromatic carbocycles. The van der Waals surface area contributed by atoms with Crippen LogP contribution in [0.5, 0.6) is 0 Å². The fraction of sp³-hybridized carbons (Fsp3) is 0.923. The summed E-state index contributed by atoms with van der Waals surface area (Å²) in [4.78, 5) is 12.0. The first kappa shape index (κ1) is 10.6. The topological polar surface area (TPSA) is 41.1 Å². The van der Waals surface area contributed by atoms with E-state index in [-0.39, 0.29) is 5.92 Å². The summed E-state index contributed by atoms with van der Waals surface area (Å²) in [6, 6.07) is 1.77. The fourth-order valence-electron chi connectivity index (χ4n) is 3.32. The van der Waals surface area contributed by atoms with Crippen molar-refractivity contribution < 1.29 is 4.79 Å². The van der Waals surface area contributed by atoms with Crippen LogP contribution in [0.15, 0.2) is 0 Å². The van der Waals surface area contributed by atoms with Crippen molar-refractivity contribution in [1.82, 2.24) is 10.6 Å². The highest BCUT2D eigenvalue weighted by atomic mass is 16.1. The summed E-state index contributed by atoms with van der Waals surface area (Å²) in [7, 11) is 0. The number of amides is 1. The molecular formula is C13H22N2O. The Balaban J connectivity index is 1.52. The quantitative estimate of drug-likeness (QED) is 0.758. The maximum atomic E-state index is 12.0. The van der Waals surface area contributed by atoms with E-state index in [0.29, 0.717) is 30.0 Å². The number of carbonyl (C=O) groups is 1. The van der Waals surface area contributed by atoms with Gasteiger partial charge >= 0.3 is 0 Å². The van der Waals surface area contributed by atoms with Crippen LogP contribution in [0.1, 0.15) is 45.4 Å². The molecule has 2 saturated heterocycles. The molecule has 3 rings (SSSR count). The lowest BCUT2D eigenvalue weighted by Crippen LogP contribution is -2.49. The Hall–Kier alpha value is -0.570. The minimum absolute atomic E-state index is 0.243. The van der Waals surface area contributed by atoms with Crippen molar-refractivity contribution in [1.29, 1.82) is 0 Å². The number of hydrogen-bond donors (Lipinski definition) is 2. The van der Waals surface area contributed by atoms with Gasteiger partial charge in [0.15, 0.2) is 0 Å². The van der Waals surface area contributed by atoms with Crippen molar-refractivity contribution in [3.63, 3.8) is 0 Å². The summed E-state index contributed by atoms with van der Waals surface area (Å²) < 4.78 is 0.